The summed E-state index contributed by atoms with van der Waals surface area (Å²) in [6, 6.07) is 0.617. The molecule has 33 heavy (non-hydrogen) atoms. The van der Waals surface area contributed by atoms with E-state index in [9.17, 15) is 18.0 Å². The highest BCUT2D eigenvalue weighted by Gasteiger charge is 2.60. The SMILES string of the molecule is Cc1cn2ncc3c(c2n1)[C@](C)(C(F)(F)F)CN3C(=O)Nc1cnc(-n2nccn2)c(Cl)c1. The van der Waals surface area contributed by atoms with E-state index in [1.165, 1.54) is 46.4 Å². The topological polar surface area (TPSA) is 106 Å². The molecule has 1 N–H and O–H groups in total. The van der Waals surface area contributed by atoms with Crippen molar-refractivity contribution in [2.24, 2.45) is 0 Å². The maximum atomic E-state index is 14.2. The molecule has 2 amide bonds. The summed E-state index contributed by atoms with van der Waals surface area (Å²) in [6.45, 7) is 2.07. The predicted molar refractivity (Wildman–Crippen MR) is 112 cm³/mol. The van der Waals surface area contributed by atoms with Crippen LogP contribution >= 0.6 is 11.6 Å². The second kappa shape index (κ2) is 7.13. The average Bonchev–Trinajstić information content (AvgIpc) is 3.45. The molecular weight excluding hydrogens is 463 g/mol. The number of hydrogen-bond donors (Lipinski definition) is 1. The largest absolute Gasteiger partial charge is 0.400 e. The number of imidazole rings is 1. The molecule has 10 nitrogen and oxygen atoms in total. The van der Waals surface area contributed by atoms with Gasteiger partial charge in [-0.1, -0.05) is 11.6 Å². The van der Waals surface area contributed by atoms with E-state index < -0.39 is 24.2 Å². The van der Waals surface area contributed by atoms with Crippen LogP contribution in [0.5, 0.6) is 0 Å². The average molecular weight is 478 g/mol. The molecule has 5 heterocycles. The zero-order chi connectivity index (χ0) is 23.5. The van der Waals surface area contributed by atoms with Crippen LogP contribution in [0.25, 0.3) is 11.5 Å². The Bertz CT molecular complexity index is 1390. The zero-order valence-corrected chi connectivity index (χ0v) is 17.9. The Balaban J connectivity index is 1.51. The van der Waals surface area contributed by atoms with Crippen molar-refractivity contribution in [2.75, 3.05) is 16.8 Å². The highest BCUT2D eigenvalue weighted by molar-refractivity contribution is 6.32. The number of nitrogens with zero attached hydrogens (tertiary/aromatic N) is 8. The number of urea groups is 1. The number of carbonyl (C=O) groups is 1. The fourth-order valence-corrected chi connectivity index (χ4v) is 4.07. The molecule has 14 heteroatoms. The smallest absolute Gasteiger partial charge is 0.306 e. The number of amides is 2. The molecular formula is C19H15ClF3N9O. The van der Waals surface area contributed by atoms with Gasteiger partial charge in [-0.2, -0.15) is 28.5 Å². The third kappa shape index (κ3) is 3.26. The van der Waals surface area contributed by atoms with Crippen LogP contribution in [0.3, 0.4) is 0 Å². The van der Waals surface area contributed by atoms with Gasteiger partial charge in [-0.05, 0) is 19.9 Å². The summed E-state index contributed by atoms with van der Waals surface area (Å²) in [4.78, 5) is 23.6. The molecule has 1 aliphatic heterocycles. The maximum absolute atomic E-state index is 14.2. The molecule has 1 aliphatic rings. The van der Waals surface area contributed by atoms with Crippen molar-refractivity contribution in [3.8, 4) is 5.82 Å². The van der Waals surface area contributed by atoms with Gasteiger partial charge in [0.05, 0.1) is 53.1 Å². The Labute approximate surface area is 189 Å². The lowest BCUT2D eigenvalue weighted by Gasteiger charge is -2.28. The van der Waals surface area contributed by atoms with Gasteiger partial charge < -0.3 is 5.32 Å². The van der Waals surface area contributed by atoms with Crippen molar-refractivity contribution < 1.29 is 18.0 Å². The molecule has 0 unspecified atom stereocenters. The quantitative estimate of drug-likeness (QED) is 0.473. The molecule has 170 valence electrons. The standard InChI is InChI=1S/C19H15ClF3N9O/c1-10-8-31-16(28-10)14-13(7-27-31)30(9-18(14,2)19(21,22)23)17(33)29-11-5-12(20)15(24-6-11)32-25-3-4-26-32/h3-8H,9H2,1-2H3,(H,29,33)/t18-/m1/s1. The van der Waals surface area contributed by atoms with Crippen LogP contribution < -0.4 is 10.2 Å². The Morgan fingerprint density at radius 2 is 1.94 bits per heavy atom. The Morgan fingerprint density at radius 1 is 1.21 bits per heavy atom. The monoisotopic (exact) mass is 477 g/mol. The first-order chi connectivity index (χ1) is 15.6. The second-order valence-corrected chi connectivity index (χ2v) is 8.16. The maximum Gasteiger partial charge on any atom is 0.400 e. The van der Waals surface area contributed by atoms with Crippen LogP contribution in [0, 0.1) is 6.92 Å². The van der Waals surface area contributed by atoms with Crippen molar-refractivity contribution in [3.63, 3.8) is 0 Å². The summed E-state index contributed by atoms with van der Waals surface area (Å²) >= 11 is 6.22. The highest BCUT2D eigenvalue weighted by Crippen LogP contribution is 2.51. The van der Waals surface area contributed by atoms with Crippen LogP contribution in [-0.4, -0.2) is 53.3 Å². The third-order valence-corrected chi connectivity index (χ3v) is 5.74. The molecule has 0 aromatic carbocycles. The molecule has 0 saturated carbocycles. The van der Waals surface area contributed by atoms with Crippen molar-refractivity contribution in [3.05, 3.63) is 53.3 Å². The number of hydrogen-bond acceptors (Lipinski definition) is 6. The fourth-order valence-electron chi connectivity index (χ4n) is 3.83. The molecule has 0 fully saturated rings. The van der Waals surface area contributed by atoms with Crippen LogP contribution in [0.15, 0.2) is 37.1 Å². The minimum Gasteiger partial charge on any atom is -0.306 e. The normalized spacial score (nSPS) is 18.1. The molecule has 0 saturated heterocycles. The number of nitrogens with one attached hydrogen (secondary N) is 1. The van der Waals surface area contributed by atoms with Gasteiger partial charge in [-0.25, -0.2) is 19.3 Å². The van der Waals surface area contributed by atoms with E-state index in [0.717, 1.165) is 11.8 Å². The molecule has 0 aliphatic carbocycles. The van der Waals surface area contributed by atoms with Gasteiger partial charge in [0.15, 0.2) is 11.5 Å². The summed E-state index contributed by atoms with van der Waals surface area (Å²) in [5, 5.41) is 14.7. The van der Waals surface area contributed by atoms with Crippen LogP contribution in [0.4, 0.5) is 29.3 Å². The molecule has 5 rings (SSSR count). The third-order valence-electron chi connectivity index (χ3n) is 5.46. The lowest BCUT2D eigenvalue weighted by molar-refractivity contribution is -0.180. The van der Waals surface area contributed by atoms with E-state index in [1.807, 2.05) is 0 Å². The van der Waals surface area contributed by atoms with E-state index in [-0.39, 0.29) is 33.4 Å². The van der Waals surface area contributed by atoms with E-state index in [0.29, 0.717) is 5.69 Å². The summed E-state index contributed by atoms with van der Waals surface area (Å²) in [5.41, 5.74) is -1.66. The number of carbonyl (C=O) groups excluding carboxylic acids is 1. The van der Waals surface area contributed by atoms with Crippen molar-refractivity contribution in [1.29, 1.82) is 0 Å². The first-order valence-corrected chi connectivity index (χ1v) is 9.99. The number of rotatable bonds is 2. The Hall–Kier alpha value is -3.74. The first kappa shape index (κ1) is 21.1. The molecule has 4 aromatic rings. The number of alkyl halides is 3. The highest BCUT2D eigenvalue weighted by atomic mass is 35.5. The molecule has 0 bridgehead atoms. The number of fused-ring (bicyclic) bond motifs is 3. The number of aryl methyl sites for hydroxylation is 1. The van der Waals surface area contributed by atoms with Gasteiger partial charge in [-0.15, -0.1) is 4.80 Å². The fraction of sp³-hybridized carbons (Fsp3) is 0.263. The van der Waals surface area contributed by atoms with Gasteiger partial charge in [0.2, 0.25) is 0 Å². The number of halogens is 4. The summed E-state index contributed by atoms with van der Waals surface area (Å²) < 4.78 is 43.9. The van der Waals surface area contributed by atoms with Crippen molar-refractivity contribution in [2.45, 2.75) is 25.4 Å². The summed E-state index contributed by atoms with van der Waals surface area (Å²) in [7, 11) is 0. The van der Waals surface area contributed by atoms with Crippen LogP contribution in [0.1, 0.15) is 18.2 Å². The van der Waals surface area contributed by atoms with E-state index in [1.54, 1.807) is 6.92 Å². The second-order valence-electron chi connectivity index (χ2n) is 7.75. The number of pyridine rings is 1. The zero-order valence-electron chi connectivity index (χ0n) is 17.2. The molecule has 0 radical (unpaired) electrons. The number of anilines is 2. The molecule has 1 atom stereocenters. The van der Waals surface area contributed by atoms with Crippen molar-refractivity contribution in [1.82, 2.24) is 34.6 Å². The van der Waals surface area contributed by atoms with Gasteiger partial charge in [0.25, 0.3) is 0 Å². The summed E-state index contributed by atoms with van der Waals surface area (Å²) in [6.07, 6.45) is 2.32. The minimum atomic E-state index is -4.64. The van der Waals surface area contributed by atoms with Crippen LogP contribution in [-0.2, 0) is 5.41 Å². The summed E-state index contributed by atoms with van der Waals surface area (Å²) in [5.74, 6) is 0.233. The molecule has 4 aromatic heterocycles. The van der Waals surface area contributed by atoms with Gasteiger partial charge in [0.1, 0.15) is 5.41 Å². The van der Waals surface area contributed by atoms with Gasteiger partial charge in [0, 0.05) is 12.1 Å². The van der Waals surface area contributed by atoms with Crippen LogP contribution in [0.2, 0.25) is 5.02 Å². The number of aromatic nitrogens is 7. The first-order valence-electron chi connectivity index (χ1n) is 9.61. The van der Waals surface area contributed by atoms with Gasteiger partial charge >= 0.3 is 12.2 Å². The van der Waals surface area contributed by atoms with E-state index in [4.69, 9.17) is 11.6 Å². The molecule has 0 spiro atoms. The Kier molecular flexibility index (Phi) is 4.57. The van der Waals surface area contributed by atoms with E-state index >= 15 is 0 Å². The van der Waals surface area contributed by atoms with Gasteiger partial charge in [-0.3, -0.25) is 4.90 Å². The minimum absolute atomic E-state index is 0.0295. The van der Waals surface area contributed by atoms with Crippen molar-refractivity contribution >= 4 is 34.7 Å². The van der Waals surface area contributed by atoms with E-state index in [2.05, 4.69) is 30.6 Å². The lowest BCUT2D eigenvalue weighted by Crippen LogP contribution is -2.46. The lowest BCUT2D eigenvalue weighted by atomic mass is 9.84. The predicted octanol–water partition coefficient (Wildman–Crippen LogP) is 3.54. The Morgan fingerprint density at radius 3 is 2.61 bits per heavy atom.